The van der Waals surface area contributed by atoms with E-state index < -0.39 is 5.97 Å². The smallest absolute Gasteiger partial charge is 0.339 e. The molecule has 1 aromatic heterocycles. The van der Waals surface area contributed by atoms with Crippen molar-refractivity contribution in [2.45, 2.75) is 13.5 Å². The topological polar surface area (TPSA) is 83.2 Å². The van der Waals surface area contributed by atoms with Crippen molar-refractivity contribution in [2.75, 3.05) is 7.11 Å². The second-order valence-electron chi connectivity index (χ2n) is 2.88. The van der Waals surface area contributed by atoms with Gasteiger partial charge in [0.15, 0.2) is 0 Å². The first-order valence-corrected chi connectivity index (χ1v) is 4.23. The van der Waals surface area contributed by atoms with Crippen LogP contribution in [0.1, 0.15) is 27.3 Å². The Morgan fingerprint density at radius 2 is 2.40 bits per heavy atom. The molecule has 1 rings (SSSR count). The minimum Gasteiger partial charge on any atom is -0.465 e. The quantitative estimate of drug-likeness (QED) is 0.714. The second-order valence-corrected chi connectivity index (χ2v) is 2.88. The normalized spacial score (nSPS) is 9.47. The summed E-state index contributed by atoms with van der Waals surface area (Å²) in [5.41, 5.74) is 1.13. The van der Waals surface area contributed by atoms with E-state index in [2.05, 4.69) is 9.72 Å². The highest BCUT2D eigenvalue weighted by atomic mass is 16.5. The summed E-state index contributed by atoms with van der Waals surface area (Å²) >= 11 is 0. The van der Waals surface area contributed by atoms with Crippen LogP contribution in [0.2, 0.25) is 0 Å². The molecule has 0 fully saturated rings. The number of hydrogen-bond acceptors (Lipinski definition) is 5. The summed E-state index contributed by atoms with van der Waals surface area (Å²) in [6, 6.07) is 3.24. The molecule has 0 bridgehead atoms. The Morgan fingerprint density at radius 1 is 1.73 bits per heavy atom. The number of methoxy groups -OCH3 is 1. The number of nitriles is 1. The number of carbonyl (C=O) groups is 1. The van der Waals surface area contributed by atoms with Crippen molar-refractivity contribution in [3.05, 3.63) is 28.6 Å². The summed E-state index contributed by atoms with van der Waals surface area (Å²) in [4.78, 5) is 15.2. The molecule has 0 amide bonds. The predicted octanol–water partition coefficient (Wildman–Crippen LogP) is 0.541. The number of aliphatic hydroxyl groups is 1. The molecule has 0 aromatic carbocycles. The summed E-state index contributed by atoms with van der Waals surface area (Å²) in [5, 5.41) is 17.7. The van der Waals surface area contributed by atoms with Crippen molar-refractivity contribution in [1.29, 1.82) is 5.26 Å². The van der Waals surface area contributed by atoms with Crippen molar-refractivity contribution < 1.29 is 14.6 Å². The van der Waals surface area contributed by atoms with Gasteiger partial charge in [-0.3, -0.25) is 4.98 Å². The van der Waals surface area contributed by atoms with Crippen molar-refractivity contribution in [3.63, 3.8) is 0 Å². The number of nitrogens with zero attached hydrogens (tertiary/aromatic N) is 2. The zero-order chi connectivity index (χ0) is 11.4. The predicted molar refractivity (Wildman–Crippen MR) is 51.0 cm³/mol. The highest BCUT2D eigenvalue weighted by molar-refractivity contribution is 5.90. The Labute approximate surface area is 86.9 Å². The van der Waals surface area contributed by atoms with Crippen molar-refractivity contribution in [3.8, 4) is 6.07 Å². The molecule has 0 aliphatic heterocycles. The molecule has 1 N–H and O–H groups in total. The molecule has 78 valence electrons. The maximum atomic E-state index is 11.3. The van der Waals surface area contributed by atoms with Gasteiger partial charge in [-0.2, -0.15) is 5.26 Å². The zero-order valence-corrected chi connectivity index (χ0v) is 8.44. The second kappa shape index (κ2) is 4.53. The van der Waals surface area contributed by atoms with Crippen molar-refractivity contribution in [1.82, 2.24) is 4.98 Å². The maximum Gasteiger partial charge on any atom is 0.339 e. The van der Waals surface area contributed by atoms with Gasteiger partial charge in [0.2, 0.25) is 0 Å². The van der Waals surface area contributed by atoms with E-state index in [1.807, 2.05) is 6.07 Å². The lowest BCUT2D eigenvalue weighted by molar-refractivity contribution is 0.0599. The van der Waals surface area contributed by atoms with Gasteiger partial charge in [0.05, 0.1) is 36.2 Å². The lowest BCUT2D eigenvalue weighted by atomic mass is 10.1. The zero-order valence-electron chi connectivity index (χ0n) is 8.44. The highest BCUT2D eigenvalue weighted by Gasteiger charge is 2.14. The lowest BCUT2D eigenvalue weighted by Crippen LogP contribution is -2.08. The lowest BCUT2D eigenvalue weighted by Gasteiger charge is -2.06. The third-order valence-corrected chi connectivity index (χ3v) is 1.97. The Kier molecular flexibility index (Phi) is 3.37. The van der Waals surface area contributed by atoms with Crippen LogP contribution in [0.5, 0.6) is 0 Å². The number of aromatic nitrogens is 1. The molecule has 5 nitrogen and oxygen atoms in total. The van der Waals surface area contributed by atoms with E-state index in [9.17, 15) is 4.79 Å². The molecule has 1 aromatic rings. The number of hydrogen-bond donors (Lipinski definition) is 1. The number of aliphatic hydroxyl groups excluding tert-OH is 1. The molecular formula is C10H10N2O3. The Balaban J connectivity index is 3.33. The van der Waals surface area contributed by atoms with E-state index in [1.54, 1.807) is 6.92 Å². The first-order chi connectivity index (χ1) is 7.13. The van der Waals surface area contributed by atoms with Crippen molar-refractivity contribution in [2.24, 2.45) is 0 Å². The SMILES string of the molecule is COC(=O)c1cc(C#N)c(CO)nc1C. The van der Waals surface area contributed by atoms with Crippen LogP contribution in [0.25, 0.3) is 0 Å². The summed E-state index contributed by atoms with van der Waals surface area (Å²) < 4.78 is 4.54. The largest absolute Gasteiger partial charge is 0.465 e. The number of rotatable bonds is 2. The van der Waals surface area contributed by atoms with Crippen LogP contribution in [0.15, 0.2) is 6.07 Å². The number of esters is 1. The van der Waals surface area contributed by atoms with E-state index in [-0.39, 0.29) is 23.4 Å². The van der Waals surface area contributed by atoms with Gasteiger partial charge in [-0.25, -0.2) is 4.79 Å². The summed E-state index contributed by atoms with van der Waals surface area (Å²) in [6.07, 6.45) is 0. The van der Waals surface area contributed by atoms with Crippen LogP contribution < -0.4 is 0 Å². The van der Waals surface area contributed by atoms with E-state index in [4.69, 9.17) is 10.4 Å². The molecule has 1 heterocycles. The van der Waals surface area contributed by atoms with Crippen LogP contribution in [0, 0.1) is 18.3 Å². The third kappa shape index (κ3) is 2.11. The van der Waals surface area contributed by atoms with Crippen molar-refractivity contribution >= 4 is 5.97 Å². The molecule has 0 radical (unpaired) electrons. The van der Waals surface area contributed by atoms with Crippen LogP contribution in [-0.2, 0) is 11.3 Å². The molecule has 0 saturated heterocycles. The van der Waals surface area contributed by atoms with Gasteiger partial charge in [0.25, 0.3) is 0 Å². The molecule has 5 heteroatoms. The minimum absolute atomic E-state index is 0.184. The van der Waals surface area contributed by atoms with Crippen LogP contribution in [0.4, 0.5) is 0 Å². The molecule has 0 spiro atoms. The Morgan fingerprint density at radius 3 is 2.87 bits per heavy atom. The highest BCUT2D eigenvalue weighted by Crippen LogP contribution is 2.13. The van der Waals surface area contributed by atoms with Gasteiger partial charge in [-0.05, 0) is 13.0 Å². The van der Waals surface area contributed by atoms with Gasteiger partial charge < -0.3 is 9.84 Å². The Hall–Kier alpha value is -1.93. The fourth-order valence-corrected chi connectivity index (χ4v) is 1.19. The number of pyridine rings is 1. The molecular weight excluding hydrogens is 196 g/mol. The molecule has 15 heavy (non-hydrogen) atoms. The molecule has 0 saturated carbocycles. The molecule has 0 aliphatic rings. The maximum absolute atomic E-state index is 11.3. The summed E-state index contributed by atoms with van der Waals surface area (Å²) in [5.74, 6) is -0.541. The fourth-order valence-electron chi connectivity index (χ4n) is 1.19. The number of carbonyl (C=O) groups excluding carboxylic acids is 1. The van der Waals surface area contributed by atoms with E-state index in [0.29, 0.717) is 5.69 Å². The van der Waals surface area contributed by atoms with Gasteiger partial charge >= 0.3 is 5.97 Å². The van der Waals surface area contributed by atoms with E-state index >= 15 is 0 Å². The summed E-state index contributed by atoms with van der Waals surface area (Å²) in [6.45, 7) is 1.29. The fraction of sp³-hybridized carbons (Fsp3) is 0.300. The minimum atomic E-state index is -0.541. The Bertz CT molecular complexity index is 435. The number of ether oxygens (including phenoxy) is 1. The third-order valence-electron chi connectivity index (χ3n) is 1.97. The first-order valence-electron chi connectivity index (χ1n) is 4.23. The monoisotopic (exact) mass is 206 g/mol. The average Bonchev–Trinajstić information content (AvgIpc) is 2.27. The summed E-state index contributed by atoms with van der Waals surface area (Å²) in [7, 11) is 1.26. The van der Waals surface area contributed by atoms with Crippen LogP contribution in [0.3, 0.4) is 0 Å². The standard InChI is InChI=1S/C10H10N2O3/c1-6-8(10(14)15-2)3-7(4-11)9(5-13)12-6/h3,13H,5H2,1-2H3. The van der Waals surface area contributed by atoms with Gasteiger partial charge in [-0.1, -0.05) is 0 Å². The number of aryl methyl sites for hydroxylation is 1. The average molecular weight is 206 g/mol. The molecule has 0 aliphatic carbocycles. The van der Waals surface area contributed by atoms with Crippen LogP contribution >= 0.6 is 0 Å². The van der Waals surface area contributed by atoms with Gasteiger partial charge in [0, 0.05) is 0 Å². The molecule has 0 atom stereocenters. The van der Waals surface area contributed by atoms with Gasteiger partial charge in [-0.15, -0.1) is 0 Å². The van der Waals surface area contributed by atoms with E-state index in [0.717, 1.165) is 0 Å². The van der Waals surface area contributed by atoms with Crippen LogP contribution in [-0.4, -0.2) is 23.2 Å². The van der Waals surface area contributed by atoms with E-state index in [1.165, 1.54) is 13.2 Å². The van der Waals surface area contributed by atoms with Gasteiger partial charge in [0.1, 0.15) is 6.07 Å². The first kappa shape index (κ1) is 11.1. The molecule has 0 unspecified atom stereocenters.